The average Bonchev–Trinajstić information content (AvgIpc) is 3.57. The molecule has 1 aliphatic carbocycles. The topological polar surface area (TPSA) is 105 Å². The molecule has 2 aromatic carbocycles. The molecule has 8 nitrogen and oxygen atoms in total. The third-order valence-corrected chi connectivity index (χ3v) is 8.93. The predicted molar refractivity (Wildman–Crippen MR) is 149 cm³/mol. The van der Waals surface area contributed by atoms with Crippen LogP contribution in [0.4, 0.5) is 20.5 Å². The summed E-state index contributed by atoms with van der Waals surface area (Å²) in [5, 5.41) is 12.1. The number of carbonyl (C=O) groups excluding carboxylic acids is 1. The lowest BCUT2D eigenvalue weighted by Crippen LogP contribution is -2.33. The first-order valence-corrected chi connectivity index (χ1v) is 14.6. The molecule has 40 heavy (non-hydrogen) atoms. The number of ketones is 1. The van der Waals surface area contributed by atoms with Crippen LogP contribution in [0.15, 0.2) is 34.7 Å². The van der Waals surface area contributed by atoms with E-state index in [2.05, 4.69) is 14.6 Å². The van der Waals surface area contributed by atoms with E-state index < -0.39 is 17.6 Å². The van der Waals surface area contributed by atoms with Gasteiger partial charge in [-0.3, -0.25) is 9.59 Å². The van der Waals surface area contributed by atoms with Crippen molar-refractivity contribution in [1.82, 2.24) is 9.29 Å². The van der Waals surface area contributed by atoms with Crippen molar-refractivity contribution in [3.63, 3.8) is 0 Å². The smallest absolute Gasteiger partial charge is 0.306 e. The number of oxazole rings is 1. The highest BCUT2D eigenvalue weighted by Gasteiger charge is 2.30. The van der Waals surface area contributed by atoms with Crippen molar-refractivity contribution in [2.45, 2.75) is 64.0 Å². The Morgan fingerprint density at radius 3 is 2.75 bits per heavy atom. The first-order chi connectivity index (χ1) is 19.3. The highest BCUT2D eigenvalue weighted by atomic mass is 32.2. The molecule has 0 bridgehead atoms. The number of aryl methyl sites for hydroxylation is 1. The maximum Gasteiger partial charge on any atom is 0.306 e. The number of nitrogens with zero attached hydrogens (tertiary/aromatic N) is 2. The van der Waals surface area contributed by atoms with Crippen LogP contribution in [-0.2, 0) is 20.7 Å². The Balaban J connectivity index is 1.12. The van der Waals surface area contributed by atoms with E-state index >= 15 is 4.39 Å². The minimum atomic E-state index is -0.722. The number of aromatic nitrogens is 1. The second kappa shape index (κ2) is 12.7. The van der Waals surface area contributed by atoms with Crippen molar-refractivity contribution >= 4 is 46.5 Å². The number of anilines is 2. The largest absolute Gasteiger partial charge is 0.481 e. The SMILES string of the molecule is Cc1ccc(F)cc1Nc1nc2ccc(CC(=O)CSN3CCC[C@H]3COC3CCC(C(=O)O)CC3)c(F)c2o1. The normalized spacial score (nSPS) is 21.6. The molecule has 2 N–H and O–H groups in total. The number of carboxylic acids is 1. The maximum absolute atomic E-state index is 15.2. The molecule has 2 heterocycles. The van der Waals surface area contributed by atoms with Gasteiger partial charge < -0.3 is 19.6 Å². The minimum absolute atomic E-state index is 0.0406. The Kier molecular flexibility index (Phi) is 9.02. The van der Waals surface area contributed by atoms with Crippen molar-refractivity contribution < 1.29 is 32.6 Å². The van der Waals surface area contributed by atoms with Crippen molar-refractivity contribution in [2.24, 2.45) is 5.92 Å². The summed E-state index contributed by atoms with van der Waals surface area (Å²) in [6.07, 6.45) is 4.85. The van der Waals surface area contributed by atoms with Crippen LogP contribution in [0.3, 0.4) is 0 Å². The number of carboxylic acid groups (broad SMARTS) is 1. The number of Topliss-reactive ketones (excluding diaryl/α,β-unsaturated/α-hetero) is 1. The van der Waals surface area contributed by atoms with Crippen molar-refractivity contribution in [3.8, 4) is 0 Å². The van der Waals surface area contributed by atoms with Crippen LogP contribution >= 0.6 is 11.9 Å². The molecule has 3 aromatic rings. The summed E-state index contributed by atoms with van der Waals surface area (Å²) in [5.41, 5.74) is 1.74. The van der Waals surface area contributed by atoms with E-state index in [0.717, 1.165) is 37.8 Å². The first kappa shape index (κ1) is 28.5. The van der Waals surface area contributed by atoms with E-state index in [4.69, 9.17) is 14.3 Å². The molecule has 0 amide bonds. The van der Waals surface area contributed by atoms with Gasteiger partial charge in [0, 0.05) is 24.7 Å². The van der Waals surface area contributed by atoms with Crippen LogP contribution in [0.1, 0.15) is 49.7 Å². The number of rotatable bonds is 11. The van der Waals surface area contributed by atoms with Gasteiger partial charge in [0.05, 0.1) is 24.4 Å². The average molecular weight is 574 g/mol. The summed E-state index contributed by atoms with van der Waals surface area (Å²) in [6.45, 7) is 3.22. The summed E-state index contributed by atoms with van der Waals surface area (Å²) < 4.78 is 42.7. The Hall–Kier alpha value is -3.02. The third kappa shape index (κ3) is 6.82. The summed E-state index contributed by atoms with van der Waals surface area (Å²) in [7, 11) is 0. The number of benzene rings is 2. The predicted octanol–water partition coefficient (Wildman–Crippen LogP) is 6.04. The van der Waals surface area contributed by atoms with Gasteiger partial charge in [-0.2, -0.15) is 4.98 Å². The lowest BCUT2D eigenvalue weighted by Gasteiger charge is -2.29. The molecule has 1 aliphatic heterocycles. The first-order valence-electron chi connectivity index (χ1n) is 13.6. The molecule has 1 saturated heterocycles. The molecule has 214 valence electrons. The fraction of sp³-hybridized carbons (Fsp3) is 0.483. The van der Waals surface area contributed by atoms with Gasteiger partial charge in [0.25, 0.3) is 6.01 Å². The lowest BCUT2D eigenvalue weighted by molar-refractivity contribution is -0.143. The van der Waals surface area contributed by atoms with Gasteiger partial charge in [-0.15, -0.1) is 0 Å². The van der Waals surface area contributed by atoms with Gasteiger partial charge >= 0.3 is 5.97 Å². The van der Waals surface area contributed by atoms with Crippen LogP contribution < -0.4 is 5.32 Å². The van der Waals surface area contributed by atoms with Crippen LogP contribution in [0.25, 0.3) is 11.1 Å². The monoisotopic (exact) mass is 573 g/mol. The number of ether oxygens (including phenoxy) is 1. The highest BCUT2D eigenvalue weighted by molar-refractivity contribution is 7.97. The Morgan fingerprint density at radius 2 is 1.98 bits per heavy atom. The van der Waals surface area contributed by atoms with Gasteiger partial charge in [-0.25, -0.2) is 13.1 Å². The zero-order chi connectivity index (χ0) is 28.2. The van der Waals surface area contributed by atoms with Crippen LogP contribution in [-0.4, -0.2) is 57.2 Å². The molecule has 5 rings (SSSR count). The van der Waals surface area contributed by atoms with Gasteiger partial charge in [0.15, 0.2) is 11.4 Å². The number of fused-ring (bicyclic) bond motifs is 1. The molecule has 2 fully saturated rings. The van der Waals surface area contributed by atoms with Crippen LogP contribution in [0.5, 0.6) is 0 Å². The fourth-order valence-electron chi connectivity index (χ4n) is 5.32. The van der Waals surface area contributed by atoms with Crippen LogP contribution in [0.2, 0.25) is 0 Å². The Morgan fingerprint density at radius 1 is 1.18 bits per heavy atom. The quantitative estimate of drug-likeness (QED) is 0.266. The molecular formula is C29H33F2N3O5S. The fourth-order valence-corrected chi connectivity index (χ4v) is 6.37. The molecule has 1 saturated carbocycles. The van der Waals surface area contributed by atoms with E-state index in [0.29, 0.717) is 30.7 Å². The molecular weight excluding hydrogens is 540 g/mol. The molecule has 11 heteroatoms. The summed E-state index contributed by atoms with van der Waals surface area (Å²) in [6, 6.07) is 7.68. The number of hydrogen-bond donors (Lipinski definition) is 2. The minimum Gasteiger partial charge on any atom is -0.481 e. The molecule has 0 spiro atoms. The van der Waals surface area contributed by atoms with E-state index in [1.54, 1.807) is 25.1 Å². The third-order valence-electron chi connectivity index (χ3n) is 7.67. The van der Waals surface area contributed by atoms with Gasteiger partial charge in [-0.05, 0) is 74.8 Å². The summed E-state index contributed by atoms with van der Waals surface area (Å²) in [5.74, 6) is -1.91. The van der Waals surface area contributed by atoms with Crippen molar-refractivity contribution in [3.05, 3.63) is 53.1 Å². The van der Waals surface area contributed by atoms with E-state index in [1.807, 2.05) is 0 Å². The second-order valence-electron chi connectivity index (χ2n) is 10.6. The Bertz CT molecular complexity index is 1380. The molecule has 2 aliphatic rings. The lowest BCUT2D eigenvalue weighted by atomic mass is 9.87. The number of hydrogen-bond acceptors (Lipinski definition) is 8. The van der Waals surface area contributed by atoms with Crippen LogP contribution in [0, 0.1) is 24.5 Å². The van der Waals surface area contributed by atoms with E-state index in [1.165, 1.54) is 24.1 Å². The summed E-state index contributed by atoms with van der Waals surface area (Å²) in [4.78, 5) is 28.2. The molecule has 1 atom stereocenters. The number of aliphatic carboxylic acids is 1. The highest BCUT2D eigenvalue weighted by Crippen LogP contribution is 2.31. The van der Waals surface area contributed by atoms with Crippen molar-refractivity contribution in [2.75, 3.05) is 24.2 Å². The second-order valence-corrected chi connectivity index (χ2v) is 11.6. The molecule has 0 unspecified atom stereocenters. The zero-order valence-electron chi connectivity index (χ0n) is 22.3. The number of nitrogens with one attached hydrogen (secondary N) is 1. The standard InChI is InChI=1S/C29H33F2N3O5S/c1-17-4-8-20(30)14-25(17)33-29-32-24-11-7-19(26(31)27(24)39-29)13-22(35)16-40-34-12-2-3-21(34)15-38-23-9-5-18(6-10-23)28(36)37/h4,7-8,11,14,18,21,23H,2-3,5-6,9-10,12-13,15-16H2,1H3,(H,32,33)(H,36,37)/t18?,21-,23?/m0/s1. The van der Waals surface area contributed by atoms with Gasteiger partial charge in [-0.1, -0.05) is 24.1 Å². The van der Waals surface area contributed by atoms with Gasteiger partial charge in [0.2, 0.25) is 0 Å². The molecule has 0 radical (unpaired) electrons. The Labute approximate surface area is 235 Å². The van der Waals surface area contributed by atoms with Crippen molar-refractivity contribution in [1.29, 1.82) is 0 Å². The van der Waals surface area contributed by atoms with E-state index in [9.17, 15) is 14.0 Å². The molecule has 1 aromatic heterocycles. The zero-order valence-corrected chi connectivity index (χ0v) is 23.1. The summed E-state index contributed by atoms with van der Waals surface area (Å²) >= 11 is 1.45. The van der Waals surface area contributed by atoms with E-state index in [-0.39, 0.29) is 53.2 Å². The number of carbonyl (C=O) groups is 2. The number of halogens is 2. The van der Waals surface area contributed by atoms with Gasteiger partial charge in [0.1, 0.15) is 17.1 Å². The maximum atomic E-state index is 15.2.